The lowest BCUT2D eigenvalue weighted by Crippen LogP contribution is -2.36. The second-order valence-corrected chi connectivity index (χ2v) is 6.32. The summed E-state index contributed by atoms with van der Waals surface area (Å²) in [5, 5.41) is 7.70. The summed E-state index contributed by atoms with van der Waals surface area (Å²) in [5.41, 5.74) is 0.552. The van der Waals surface area contributed by atoms with E-state index in [0.717, 1.165) is 32.5 Å². The highest BCUT2D eigenvalue weighted by Crippen LogP contribution is 2.07. The van der Waals surface area contributed by atoms with Crippen LogP contribution in [0.1, 0.15) is 33.6 Å². The van der Waals surface area contributed by atoms with Crippen molar-refractivity contribution in [2.75, 3.05) is 19.6 Å². The Labute approximate surface area is 148 Å². The van der Waals surface area contributed by atoms with Crippen LogP contribution in [0.25, 0.3) is 10.9 Å². The zero-order chi connectivity index (χ0) is 18.2. The maximum Gasteiger partial charge on any atom is 0.241 e. The summed E-state index contributed by atoms with van der Waals surface area (Å²) in [6, 6.07) is 7.34. The van der Waals surface area contributed by atoms with Crippen molar-refractivity contribution < 1.29 is 4.79 Å². The van der Waals surface area contributed by atoms with E-state index >= 15 is 0 Å². The number of aromatic nitrogens is 2. The third kappa shape index (κ3) is 5.39. The van der Waals surface area contributed by atoms with Crippen LogP contribution in [0.2, 0.25) is 0 Å². The molecule has 6 heteroatoms. The Morgan fingerprint density at radius 2 is 2.00 bits per heavy atom. The number of fused-ring (bicyclic) bond motifs is 1. The Balaban J connectivity index is 1.90. The molecule has 1 aromatic heterocycles. The molecule has 0 bridgehead atoms. The topological polar surface area (TPSA) is 67.2 Å². The van der Waals surface area contributed by atoms with Crippen LogP contribution in [0.4, 0.5) is 0 Å². The molecule has 0 aliphatic heterocycles. The fraction of sp³-hybridized carbons (Fsp3) is 0.526. The van der Waals surface area contributed by atoms with Crippen molar-refractivity contribution in [2.45, 2.75) is 46.2 Å². The van der Waals surface area contributed by atoms with Gasteiger partial charge in [0.25, 0.3) is 0 Å². The first-order chi connectivity index (χ1) is 12.0. The first kappa shape index (κ1) is 19.1. The van der Waals surface area contributed by atoms with E-state index < -0.39 is 0 Å². The molecule has 6 nitrogen and oxygen atoms in total. The number of hydrogen-bond acceptors (Lipinski definition) is 4. The molecule has 2 aromatic rings. The van der Waals surface area contributed by atoms with Gasteiger partial charge in [0.2, 0.25) is 11.3 Å². The Hall–Kier alpha value is -2.21. The van der Waals surface area contributed by atoms with Crippen molar-refractivity contribution in [3.05, 3.63) is 40.7 Å². The van der Waals surface area contributed by atoms with Crippen LogP contribution in [0, 0.1) is 0 Å². The molecular formula is C19H28N4O2. The number of carbonyl (C=O) groups excluding carboxylic acids is 1. The van der Waals surface area contributed by atoms with E-state index in [1.54, 1.807) is 10.7 Å². The van der Waals surface area contributed by atoms with Gasteiger partial charge in [-0.2, -0.15) is 5.10 Å². The number of para-hydroxylation sites is 1. The lowest BCUT2D eigenvalue weighted by molar-refractivity contribution is -0.122. The van der Waals surface area contributed by atoms with Crippen LogP contribution in [-0.4, -0.2) is 46.3 Å². The van der Waals surface area contributed by atoms with E-state index in [1.165, 1.54) is 6.20 Å². The summed E-state index contributed by atoms with van der Waals surface area (Å²) in [5.74, 6) is -0.0864. The number of benzene rings is 1. The number of carbonyl (C=O) groups is 1. The predicted octanol–water partition coefficient (Wildman–Crippen LogP) is 2.02. The number of rotatable bonds is 9. The van der Waals surface area contributed by atoms with E-state index in [9.17, 15) is 9.59 Å². The summed E-state index contributed by atoms with van der Waals surface area (Å²) >= 11 is 0. The highest BCUT2D eigenvalue weighted by Gasteiger charge is 2.11. The van der Waals surface area contributed by atoms with Gasteiger partial charge in [0.05, 0.1) is 11.7 Å². The fourth-order valence-electron chi connectivity index (χ4n) is 2.98. The zero-order valence-corrected chi connectivity index (χ0v) is 15.4. The first-order valence-electron chi connectivity index (χ1n) is 9.01. The molecule has 0 spiro atoms. The Morgan fingerprint density at radius 1 is 1.28 bits per heavy atom. The maximum absolute atomic E-state index is 12.3. The molecule has 0 saturated carbocycles. The Bertz CT molecular complexity index is 752. The lowest BCUT2D eigenvalue weighted by atomic mass is 10.1. The van der Waals surface area contributed by atoms with E-state index in [2.05, 4.69) is 29.2 Å². The third-order valence-corrected chi connectivity index (χ3v) is 4.47. The molecule has 0 saturated heterocycles. The summed E-state index contributed by atoms with van der Waals surface area (Å²) in [7, 11) is 0. The fourth-order valence-corrected chi connectivity index (χ4v) is 2.98. The number of amides is 1. The minimum absolute atomic E-state index is 0.0864. The first-order valence-corrected chi connectivity index (χ1v) is 9.01. The summed E-state index contributed by atoms with van der Waals surface area (Å²) in [6.07, 6.45) is 3.27. The normalized spacial score (nSPS) is 12.5. The van der Waals surface area contributed by atoms with Gasteiger partial charge in [-0.15, -0.1) is 0 Å². The highest BCUT2D eigenvalue weighted by molar-refractivity contribution is 5.81. The largest absolute Gasteiger partial charge is 0.352 e. The molecule has 1 amide bonds. The molecule has 1 unspecified atom stereocenters. The average Bonchev–Trinajstić information content (AvgIpc) is 2.61. The highest BCUT2D eigenvalue weighted by atomic mass is 16.2. The number of hydrogen-bond donors (Lipinski definition) is 1. The van der Waals surface area contributed by atoms with Crippen LogP contribution in [0.5, 0.6) is 0 Å². The summed E-state index contributed by atoms with van der Waals surface area (Å²) < 4.78 is 1.58. The van der Waals surface area contributed by atoms with Gasteiger partial charge in [0, 0.05) is 11.4 Å². The summed E-state index contributed by atoms with van der Waals surface area (Å²) in [6.45, 7) is 9.63. The Kier molecular flexibility index (Phi) is 7.13. The second kappa shape index (κ2) is 9.32. The lowest BCUT2D eigenvalue weighted by Gasteiger charge is -2.20. The van der Waals surface area contributed by atoms with Gasteiger partial charge in [-0.25, -0.2) is 0 Å². The van der Waals surface area contributed by atoms with Crippen molar-refractivity contribution in [3.8, 4) is 0 Å². The number of nitrogens with one attached hydrogen (secondary N) is 1. The molecule has 0 radical (unpaired) electrons. The standard InChI is InChI=1S/C19H28N4O2/c1-4-22(5-2)12-8-9-15(3)21-19(25)14-23-17-11-7-6-10-16(17)18(24)13-20-23/h6-7,10-11,13,15H,4-5,8-9,12,14H2,1-3H3,(H,21,25). The minimum atomic E-state index is -0.128. The van der Waals surface area contributed by atoms with Gasteiger partial charge >= 0.3 is 0 Å². The average molecular weight is 344 g/mol. The molecule has 1 aromatic carbocycles. The van der Waals surface area contributed by atoms with Gasteiger partial charge in [0.15, 0.2) is 0 Å². The van der Waals surface area contributed by atoms with E-state index in [1.807, 2.05) is 25.1 Å². The van der Waals surface area contributed by atoms with Crippen molar-refractivity contribution in [1.29, 1.82) is 0 Å². The molecule has 25 heavy (non-hydrogen) atoms. The van der Waals surface area contributed by atoms with Crippen molar-refractivity contribution >= 4 is 16.8 Å². The van der Waals surface area contributed by atoms with Crippen LogP contribution in [0.15, 0.2) is 35.3 Å². The smallest absolute Gasteiger partial charge is 0.241 e. The van der Waals surface area contributed by atoms with Gasteiger partial charge in [-0.05, 0) is 51.5 Å². The third-order valence-electron chi connectivity index (χ3n) is 4.47. The molecule has 0 aliphatic rings. The predicted molar refractivity (Wildman–Crippen MR) is 101 cm³/mol. The van der Waals surface area contributed by atoms with E-state index in [-0.39, 0.29) is 23.9 Å². The van der Waals surface area contributed by atoms with Crippen molar-refractivity contribution in [2.24, 2.45) is 0 Å². The second-order valence-electron chi connectivity index (χ2n) is 6.32. The minimum Gasteiger partial charge on any atom is -0.352 e. The summed E-state index contributed by atoms with van der Waals surface area (Å²) in [4.78, 5) is 26.5. The van der Waals surface area contributed by atoms with Crippen LogP contribution < -0.4 is 10.7 Å². The van der Waals surface area contributed by atoms with Gasteiger partial charge in [-0.1, -0.05) is 26.0 Å². The Morgan fingerprint density at radius 3 is 2.72 bits per heavy atom. The number of nitrogens with zero attached hydrogens (tertiary/aromatic N) is 3. The van der Waals surface area contributed by atoms with Crippen LogP contribution in [-0.2, 0) is 11.3 Å². The van der Waals surface area contributed by atoms with Gasteiger partial charge in [0.1, 0.15) is 6.54 Å². The van der Waals surface area contributed by atoms with E-state index in [4.69, 9.17) is 0 Å². The maximum atomic E-state index is 12.3. The van der Waals surface area contributed by atoms with Crippen LogP contribution >= 0.6 is 0 Å². The molecule has 136 valence electrons. The molecule has 1 atom stereocenters. The van der Waals surface area contributed by atoms with Gasteiger partial charge in [-0.3, -0.25) is 14.3 Å². The molecule has 2 rings (SSSR count). The molecule has 1 N–H and O–H groups in total. The molecule has 0 aliphatic carbocycles. The molecule has 1 heterocycles. The van der Waals surface area contributed by atoms with Crippen molar-refractivity contribution in [3.63, 3.8) is 0 Å². The van der Waals surface area contributed by atoms with Gasteiger partial charge < -0.3 is 10.2 Å². The molecular weight excluding hydrogens is 316 g/mol. The monoisotopic (exact) mass is 344 g/mol. The molecule has 0 fully saturated rings. The SMILES string of the molecule is CCN(CC)CCCC(C)NC(=O)Cn1ncc(=O)c2ccccc21. The van der Waals surface area contributed by atoms with Crippen LogP contribution in [0.3, 0.4) is 0 Å². The van der Waals surface area contributed by atoms with E-state index in [0.29, 0.717) is 10.9 Å². The zero-order valence-electron chi connectivity index (χ0n) is 15.4. The quantitative estimate of drug-likeness (QED) is 0.756. The van der Waals surface area contributed by atoms with Crippen molar-refractivity contribution in [1.82, 2.24) is 20.0 Å².